The van der Waals surface area contributed by atoms with Crippen LogP contribution in [0, 0.1) is 5.82 Å². The number of amidine groups is 1. The quantitative estimate of drug-likeness (QED) is 0.184. The molecular formula is C23H21FN10O2. The van der Waals surface area contributed by atoms with Crippen molar-refractivity contribution in [3.63, 3.8) is 0 Å². The third-order valence-electron chi connectivity index (χ3n) is 5.74. The number of carbonyl (C=O) groups is 2. The van der Waals surface area contributed by atoms with Crippen LogP contribution in [0.3, 0.4) is 0 Å². The van der Waals surface area contributed by atoms with Gasteiger partial charge >= 0.3 is 0 Å². The number of ketones is 1. The number of fused-ring (bicyclic) bond motifs is 1. The van der Waals surface area contributed by atoms with E-state index in [-0.39, 0.29) is 35.4 Å². The van der Waals surface area contributed by atoms with Crippen molar-refractivity contribution >= 4 is 34.2 Å². The molecule has 0 atom stereocenters. The minimum Gasteiger partial charge on any atom is -0.404 e. The monoisotopic (exact) mass is 488 g/mol. The van der Waals surface area contributed by atoms with Crippen molar-refractivity contribution in [2.75, 3.05) is 26.2 Å². The van der Waals surface area contributed by atoms with Crippen LogP contribution in [0.2, 0.25) is 0 Å². The van der Waals surface area contributed by atoms with Gasteiger partial charge in [-0.2, -0.15) is 0 Å². The standard InChI is InChI=1S/C23H21FN10O2/c24-16-14-28-22(34-8-7-29-31-34)20-19(16)15(13-27-20)21(35)23(36)33-11-9-32(10-12-33)18(4-5-25)30-17-3-1-2-6-26-17/h1-8,13-14,27H,9-12,25H2. The SMILES string of the molecule is NC=CC(=Nc1ccccn1)N1CCN(C(=O)C(=O)c2c[nH]c3c(-n4ccnn4)ncc(F)c23)CC1. The van der Waals surface area contributed by atoms with Gasteiger partial charge in [-0.3, -0.25) is 9.59 Å². The first-order valence-corrected chi connectivity index (χ1v) is 11.1. The average molecular weight is 488 g/mol. The first-order chi connectivity index (χ1) is 17.6. The molecule has 1 aliphatic rings. The second-order valence-electron chi connectivity index (χ2n) is 7.86. The Labute approximate surface area is 204 Å². The number of pyridine rings is 2. The number of nitrogens with two attached hydrogens (primary N) is 1. The molecule has 182 valence electrons. The van der Waals surface area contributed by atoms with E-state index in [1.807, 2.05) is 11.0 Å². The predicted molar refractivity (Wildman–Crippen MR) is 128 cm³/mol. The minimum atomic E-state index is -0.812. The minimum absolute atomic E-state index is 0.0228. The molecular weight excluding hydrogens is 467 g/mol. The highest BCUT2D eigenvalue weighted by Crippen LogP contribution is 2.26. The first kappa shape index (κ1) is 22.8. The molecule has 1 saturated heterocycles. The number of rotatable bonds is 5. The lowest BCUT2D eigenvalue weighted by atomic mass is 10.1. The number of nitrogens with zero attached hydrogens (tertiary/aromatic N) is 8. The van der Waals surface area contributed by atoms with Gasteiger partial charge in [0.05, 0.1) is 35.1 Å². The summed E-state index contributed by atoms with van der Waals surface area (Å²) in [5, 5.41) is 7.56. The zero-order valence-electron chi connectivity index (χ0n) is 19.0. The van der Waals surface area contributed by atoms with Gasteiger partial charge < -0.3 is 20.5 Å². The van der Waals surface area contributed by atoms with Crippen molar-refractivity contribution in [2.45, 2.75) is 0 Å². The molecule has 13 heteroatoms. The topological polar surface area (TPSA) is 151 Å². The summed E-state index contributed by atoms with van der Waals surface area (Å²) in [6.07, 6.45) is 9.98. The molecule has 1 aliphatic heterocycles. The normalized spacial score (nSPS) is 14.6. The second kappa shape index (κ2) is 9.74. The number of nitrogens with one attached hydrogen (secondary N) is 1. The molecule has 1 amide bonds. The van der Waals surface area contributed by atoms with Crippen LogP contribution >= 0.6 is 0 Å². The Hall–Kier alpha value is -4.94. The van der Waals surface area contributed by atoms with Gasteiger partial charge in [-0.1, -0.05) is 11.3 Å². The third-order valence-corrected chi connectivity index (χ3v) is 5.74. The third kappa shape index (κ3) is 4.29. The lowest BCUT2D eigenvalue weighted by Crippen LogP contribution is -2.51. The zero-order valence-corrected chi connectivity index (χ0v) is 19.0. The molecule has 0 saturated carbocycles. The van der Waals surface area contributed by atoms with E-state index in [1.54, 1.807) is 24.4 Å². The van der Waals surface area contributed by atoms with E-state index in [9.17, 15) is 14.0 Å². The Morgan fingerprint density at radius 1 is 1.11 bits per heavy atom. The predicted octanol–water partition coefficient (Wildman–Crippen LogP) is 1.21. The number of hydrogen-bond donors (Lipinski definition) is 2. The molecule has 0 unspecified atom stereocenters. The van der Waals surface area contributed by atoms with Gasteiger partial charge in [0.25, 0.3) is 11.7 Å². The van der Waals surface area contributed by atoms with Crippen molar-refractivity contribution in [3.8, 4) is 5.82 Å². The Morgan fingerprint density at radius 2 is 1.92 bits per heavy atom. The fourth-order valence-electron chi connectivity index (χ4n) is 4.00. The Morgan fingerprint density at radius 3 is 2.61 bits per heavy atom. The number of halogens is 1. The number of hydrogen-bond acceptors (Lipinski definition) is 8. The molecule has 4 aromatic heterocycles. The van der Waals surface area contributed by atoms with Crippen molar-refractivity contribution in [1.29, 1.82) is 0 Å². The molecule has 0 spiro atoms. The summed E-state index contributed by atoms with van der Waals surface area (Å²) in [6.45, 7) is 1.41. The van der Waals surface area contributed by atoms with Crippen molar-refractivity contribution in [1.82, 2.24) is 39.7 Å². The van der Waals surface area contributed by atoms with Crippen LogP contribution in [0.15, 0.2) is 66.5 Å². The van der Waals surface area contributed by atoms with E-state index in [2.05, 4.69) is 30.3 Å². The van der Waals surface area contributed by atoms with Crippen LogP contribution < -0.4 is 5.73 Å². The van der Waals surface area contributed by atoms with E-state index in [0.29, 0.717) is 24.7 Å². The summed E-state index contributed by atoms with van der Waals surface area (Å²) in [6, 6.07) is 5.40. The summed E-state index contributed by atoms with van der Waals surface area (Å²) in [5.41, 5.74) is 5.77. The fourth-order valence-corrected chi connectivity index (χ4v) is 4.00. The van der Waals surface area contributed by atoms with E-state index >= 15 is 0 Å². The van der Waals surface area contributed by atoms with Crippen LogP contribution in [0.5, 0.6) is 0 Å². The number of H-pyrrole nitrogens is 1. The van der Waals surface area contributed by atoms with Crippen LogP contribution in [-0.4, -0.2) is 83.5 Å². The molecule has 0 aromatic carbocycles. The maximum absolute atomic E-state index is 14.7. The van der Waals surface area contributed by atoms with Gasteiger partial charge in [-0.15, -0.1) is 5.10 Å². The average Bonchev–Trinajstić information content (AvgIpc) is 3.60. The highest BCUT2D eigenvalue weighted by atomic mass is 19.1. The number of carbonyl (C=O) groups excluding carboxylic acids is 2. The number of aromatic amines is 1. The summed E-state index contributed by atoms with van der Waals surface area (Å²) < 4.78 is 16.1. The van der Waals surface area contributed by atoms with Crippen molar-refractivity contribution in [3.05, 3.63) is 72.8 Å². The highest BCUT2D eigenvalue weighted by molar-refractivity contribution is 6.45. The van der Waals surface area contributed by atoms with Crippen LogP contribution in [0.25, 0.3) is 16.7 Å². The molecule has 1 fully saturated rings. The molecule has 36 heavy (non-hydrogen) atoms. The summed E-state index contributed by atoms with van der Waals surface area (Å²) in [4.78, 5) is 45.2. The maximum atomic E-state index is 14.7. The van der Waals surface area contributed by atoms with E-state index < -0.39 is 17.5 Å². The molecule has 4 aromatic rings. The van der Waals surface area contributed by atoms with Crippen molar-refractivity contribution < 1.29 is 14.0 Å². The molecule has 5 rings (SSSR count). The van der Waals surface area contributed by atoms with E-state index in [0.717, 1.165) is 6.20 Å². The van der Waals surface area contributed by atoms with Gasteiger partial charge in [-0.25, -0.2) is 24.0 Å². The maximum Gasteiger partial charge on any atom is 0.295 e. The number of piperazine rings is 1. The zero-order chi connectivity index (χ0) is 25.1. The number of Topliss-reactive ketones (excluding diaryl/α,β-unsaturated/α-hetero) is 1. The molecule has 0 bridgehead atoms. The van der Waals surface area contributed by atoms with Gasteiger partial charge in [0, 0.05) is 38.6 Å². The second-order valence-corrected chi connectivity index (χ2v) is 7.86. The fraction of sp³-hybridized carbons (Fsp3) is 0.174. The van der Waals surface area contributed by atoms with Crippen molar-refractivity contribution in [2.24, 2.45) is 10.7 Å². The summed E-state index contributed by atoms with van der Waals surface area (Å²) in [5.74, 6) is -0.862. The van der Waals surface area contributed by atoms with Gasteiger partial charge in [-0.05, 0) is 24.4 Å². The van der Waals surface area contributed by atoms with Crippen LogP contribution in [0.4, 0.5) is 10.2 Å². The van der Waals surface area contributed by atoms with Crippen LogP contribution in [-0.2, 0) is 4.79 Å². The van der Waals surface area contributed by atoms with Gasteiger partial charge in [0.2, 0.25) is 0 Å². The molecule has 0 radical (unpaired) electrons. The smallest absolute Gasteiger partial charge is 0.295 e. The summed E-state index contributed by atoms with van der Waals surface area (Å²) >= 11 is 0. The number of amides is 1. The molecule has 5 heterocycles. The van der Waals surface area contributed by atoms with Gasteiger partial charge in [0.15, 0.2) is 17.5 Å². The lowest BCUT2D eigenvalue weighted by Gasteiger charge is -2.35. The van der Waals surface area contributed by atoms with E-state index in [1.165, 1.54) is 34.4 Å². The van der Waals surface area contributed by atoms with Gasteiger partial charge in [0.1, 0.15) is 5.84 Å². The number of aliphatic imine (C=N–C) groups is 1. The molecule has 12 nitrogen and oxygen atoms in total. The molecule has 3 N–H and O–H groups in total. The van der Waals surface area contributed by atoms with E-state index in [4.69, 9.17) is 5.73 Å². The summed E-state index contributed by atoms with van der Waals surface area (Å²) in [7, 11) is 0. The largest absolute Gasteiger partial charge is 0.404 e. The Kier molecular flexibility index (Phi) is 6.18. The Bertz CT molecular complexity index is 1460. The highest BCUT2D eigenvalue weighted by Gasteiger charge is 2.30. The Balaban J connectivity index is 1.33. The first-order valence-electron chi connectivity index (χ1n) is 11.1. The lowest BCUT2D eigenvalue weighted by molar-refractivity contribution is -0.127. The van der Waals surface area contributed by atoms with Crippen LogP contribution in [0.1, 0.15) is 10.4 Å². The number of aromatic nitrogens is 6. The molecule has 0 aliphatic carbocycles.